The van der Waals surface area contributed by atoms with Gasteiger partial charge in [-0.3, -0.25) is 0 Å². The van der Waals surface area contributed by atoms with Crippen molar-refractivity contribution in [1.29, 1.82) is 0 Å². The first-order chi connectivity index (χ1) is 16.4. The number of nitrogens with one attached hydrogen (secondary N) is 4. The van der Waals surface area contributed by atoms with E-state index in [2.05, 4.69) is 69.8 Å². The number of hydrogen-bond donors (Lipinski definition) is 5. The molecule has 0 spiro atoms. The van der Waals surface area contributed by atoms with Crippen LogP contribution in [0.4, 0.5) is 5.69 Å². The zero-order valence-corrected chi connectivity index (χ0v) is 21.3. The number of aromatic nitrogens is 1. The number of benzene rings is 2. The molecule has 3 aromatic rings. The largest absolute Gasteiger partial charge is 0.384 e. The van der Waals surface area contributed by atoms with E-state index in [0.29, 0.717) is 0 Å². The van der Waals surface area contributed by atoms with Gasteiger partial charge in [0.25, 0.3) is 0 Å². The van der Waals surface area contributed by atoms with Crippen LogP contribution in [0.5, 0.6) is 0 Å². The summed E-state index contributed by atoms with van der Waals surface area (Å²) in [7, 11) is 0. The zero-order chi connectivity index (χ0) is 23.0. The average molecular weight is 487 g/mol. The molecule has 0 fully saturated rings. The summed E-state index contributed by atoms with van der Waals surface area (Å²) in [6, 6.07) is 16.8. The van der Waals surface area contributed by atoms with E-state index in [-0.39, 0.29) is 12.4 Å². The van der Waals surface area contributed by atoms with Crippen LogP contribution >= 0.6 is 12.4 Å². The van der Waals surface area contributed by atoms with E-state index < -0.39 is 0 Å². The normalized spacial score (nSPS) is 11.1. The Morgan fingerprint density at radius 2 is 1.00 bits per heavy atom. The minimum atomic E-state index is 0. The van der Waals surface area contributed by atoms with E-state index in [4.69, 9.17) is 10.7 Å². The van der Waals surface area contributed by atoms with Gasteiger partial charge in [0.2, 0.25) is 0 Å². The fourth-order valence-electron chi connectivity index (χ4n) is 4.06. The SMILES string of the molecule is Cl.NCCCNCCCCNCCCNCCCCNc1c2ccccc2nc2ccccc12. The third-order valence-corrected chi connectivity index (χ3v) is 5.89. The standard InChI is InChI=1S/C27H42N6.ClH/c28-15-9-19-29-16-5-6-17-30-20-10-21-31-18-7-8-22-32-27-23-11-1-3-13-25(23)33-26-14-4-2-12-24(26)27;/h1-4,11-14,29-31H,5-10,15-22,28H2,(H,32,33);1H. The van der Waals surface area contributed by atoms with Gasteiger partial charge in [-0.1, -0.05) is 36.4 Å². The van der Waals surface area contributed by atoms with Gasteiger partial charge in [0.05, 0.1) is 16.7 Å². The molecule has 6 N–H and O–H groups in total. The Hall–Kier alpha value is -1.96. The Labute approximate surface area is 211 Å². The van der Waals surface area contributed by atoms with Gasteiger partial charge in [-0.15, -0.1) is 12.4 Å². The lowest BCUT2D eigenvalue weighted by Gasteiger charge is -2.13. The molecule has 0 saturated carbocycles. The van der Waals surface area contributed by atoms with Crippen molar-refractivity contribution in [1.82, 2.24) is 20.9 Å². The van der Waals surface area contributed by atoms with E-state index in [1.807, 2.05) is 0 Å². The lowest BCUT2D eigenvalue weighted by Crippen LogP contribution is -2.24. The van der Waals surface area contributed by atoms with Crippen LogP contribution < -0.4 is 27.0 Å². The highest BCUT2D eigenvalue weighted by atomic mass is 35.5. The van der Waals surface area contributed by atoms with E-state index in [0.717, 1.165) is 76.2 Å². The number of anilines is 1. The summed E-state index contributed by atoms with van der Waals surface area (Å²) in [6.07, 6.45) is 7.05. The highest BCUT2D eigenvalue weighted by Crippen LogP contribution is 2.30. The van der Waals surface area contributed by atoms with Gasteiger partial charge in [-0.25, -0.2) is 4.98 Å². The smallest absolute Gasteiger partial charge is 0.0730 e. The van der Waals surface area contributed by atoms with Gasteiger partial charge in [-0.2, -0.15) is 0 Å². The number of rotatable bonds is 18. The predicted molar refractivity (Wildman–Crippen MR) is 150 cm³/mol. The molecule has 0 unspecified atom stereocenters. The van der Waals surface area contributed by atoms with E-state index >= 15 is 0 Å². The lowest BCUT2D eigenvalue weighted by atomic mass is 10.1. The van der Waals surface area contributed by atoms with E-state index in [9.17, 15) is 0 Å². The highest BCUT2D eigenvalue weighted by molar-refractivity contribution is 6.07. The van der Waals surface area contributed by atoms with Gasteiger partial charge in [0.1, 0.15) is 0 Å². The molecule has 7 heteroatoms. The van der Waals surface area contributed by atoms with Crippen LogP contribution in [0.2, 0.25) is 0 Å². The summed E-state index contributed by atoms with van der Waals surface area (Å²) in [6.45, 7) is 8.27. The molecule has 6 nitrogen and oxygen atoms in total. The second-order valence-electron chi connectivity index (χ2n) is 8.61. The third-order valence-electron chi connectivity index (χ3n) is 5.89. The van der Waals surface area contributed by atoms with E-state index in [1.165, 1.54) is 42.1 Å². The summed E-state index contributed by atoms with van der Waals surface area (Å²) < 4.78 is 0. The molecule has 0 bridgehead atoms. The number of nitrogens with zero attached hydrogens (tertiary/aromatic N) is 1. The molecule has 2 aromatic carbocycles. The Morgan fingerprint density at radius 3 is 1.53 bits per heavy atom. The van der Waals surface area contributed by atoms with Crippen molar-refractivity contribution in [2.24, 2.45) is 5.73 Å². The molecule has 0 aliphatic carbocycles. The summed E-state index contributed by atoms with van der Waals surface area (Å²) >= 11 is 0. The van der Waals surface area contributed by atoms with Crippen molar-refractivity contribution in [2.75, 3.05) is 57.7 Å². The molecule has 0 atom stereocenters. The molecule has 1 heterocycles. The first-order valence-corrected chi connectivity index (χ1v) is 12.7. The molecule has 34 heavy (non-hydrogen) atoms. The monoisotopic (exact) mass is 486 g/mol. The molecular formula is C27H43ClN6. The molecule has 188 valence electrons. The lowest BCUT2D eigenvalue weighted by molar-refractivity contribution is 0.551. The van der Waals surface area contributed by atoms with Gasteiger partial charge in [-0.05, 0) is 96.5 Å². The van der Waals surface area contributed by atoms with Crippen molar-refractivity contribution >= 4 is 39.9 Å². The molecule has 0 aliphatic rings. The number of pyridine rings is 1. The highest BCUT2D eigenvalue weighted by Gasteiger charge is 2.07. The maximum absolute atomic E-state index is 5.48. The van der Waals surface area contributed by atoms with Gasteiger partial charge in [0, 0.05) is 17.3 Å². The summed E-state index contributed by atoms with van der Waals surface area (Å²) in [5.74, 6) is 0. The second-order valence-corrected chi connectivity index (χ2v) is 8.61. The summed E-state index contributed by atoms with van der Waals surface area (Å²) in [4.78, 5) is 4.80. The van der Waals surface area contributed by atoms with Crippen molar-refractivity contribution in [3.8, 4) is 0 Å². The number of para-hydroxylation sites is 2. The quantitative estimate of drug-likeness (QED) is 0.136. The molecule has 0 saturated heterocycles. The Bertz CT molecular complexity index is 881. The Kier molecular flexibility index (Phi) is 14.5. The number of unbranched alkanes of at least 4 members (excludes halogenated alkanes) is 2. The minimum absolute atomic E-state index is 0. The Balaban J connectivity index is 0.00000408. The molecule has 0 aliphatic heterocycles. The zero-order valence-electron chi connectivity index (χ0n) is 20.5. The van der Waals surface area contributed by atoms with Gasteiger partial charge < -0.3 is 27.0 Å². The summed E-state index contributed by atoms with van der Waals surface area (Å²) in [5.41, 5.74) is 8.79. The Morgan fingerprint density at radius 1 is 0.559 bits per heavy atom. The first-order valence-electron chi connectivity index (χ1n) is 12.7. The first kappa shape index (κ1) is 28.3. The topological polar surface area (TPSA) is 87.0 Å². The summed E-state index contributed by atoms with van der Waals surface area (Å²) in [5, 5.41) is 16.6. The van der Waals surface area contributed by atoms with Crippen molar-refractivity contribution in [3.05, 3.63) is 48.5 Å². The molecule has 0 radical (unpaired) electrons. The van der Waals surface area contributed by atoms with Crippen LogP contribution in [-0.4, -0.2) is 57.3 Å². The van der Waals surface area contributed by atoms with Crippen LogP contribution in [0.1, 0.15) is 38.5 Å². The number of hydrogen-bond acceptors (Lipinski definition) is 6. The molecular weight excluding hydrogens is 444 g/mol. The van der Waals surface area contributed by atoms with Crippen LogP contribution in [0.3, 0.4) is 0 Å². The fourth-order valence-corrected chi connectivity index (χ4v) is 4.06. The van der Waals surface area contributed by atoms with Crippen molar-refractivity contribution in [3.63, 3.8) is 0 Å². The van der Waals surface area contributed by atoms with Gasteiger partial charge in [0.15, 0.2) is 0 Å². The minimum Gasteiger partial charge on any atom is -0.384 e. The third kappa shape index (κ3) is 9.72. The maximum atomic E-state index is 5.48. The predicted octanol–water partition coefficient (Wildman–Crippen LogP) is 4.29. The number of nitrogens with two attached hydrogens (primary N) is 1. The molecule has 3 rings (SSSR count). The maximum Gasteiger partial charge on any atom is 0.0730 e. The molecule has 1 aromatic heterocycles. The van der Waals surface area contributed by atoms with Crippen molar-refractivity contribution < 1.29 is 0 Å². The van der Waals surface area contributed by atoms with Crippen LogP contribution in [-0.2, 0) is 0 Å². The average Bonchev–Trinajstić information content (AvgIpc) is 2.85. The van der Waals surface area contributed by atoms with Gasteiger partial charge >= 0.3 is 0 Å². The fraction of sp³-hybridized carbons (Fsp3) is 0.519. The molecule has 0 amide bonds. The number of halogens is 1. The van der Waals surface area contributed by atoms with Crippen LogP contribution in [0.15, 0.2) is 48.5 Å². The van der Waals surface area contributed by atoms with Crippen LogP contribution in [0, 0.1) is 0 Å². The van der Waals surface area contributed by atoms with Crippen molar-refractivity contribution in [2.45, 2.75) is 38.5 Å². The number of fused-ring (bicyclic) bond motifs is 2. The van der Waals surface area contributed by atoms with E-state index in [1.54, 1.807) is 0 Å². The van der Waals surface area contributed by atoms with Crippen LogP contribution in [0.25, 0.3) is 21.8 Å². The second kappa shape index (κ2) is 17.5.